The van der Waals surface area contributed by atoms with E-state index in [1.807, 2.05) is 19.2 Å². The van der Waals surface area contributed by atoms with Crippen LogP contribution in [0.1, 0.15) is 6.92 Å². The number of nitrogens with zero attached hydrogens (tertiary/aromatic N) is 1. The highest BCUT2D eigenvalue weighted by molar-refractivity contribution is 5.67. The number of hydrogen-bond acceptors (Lipinski definition) is 2. The molecule has 2 heteroatoms. The number of allylic oxidation sites excluding steroid dienone is 1. The molecule has 1 aliphatic rings. The van der Waals surface area contributed by atoms with Gasteiger partial charge in [0, 0.05) is 12.1 Å². The van der Waals surface area contributed by atoms with Crippen molar-refractivity contribution in [1.82, 2.24) is 0 Å². The first-order valence-electron chi connectivity index (χ1n) is 2.30. The maximum Gasteiger partial charge on any atom is 0.119 e. The molecule has 0 aromatic rings. The van der Waals surface area contributed by atoms with Crippen molar-refractivity contribution < 1.29 is 0 Å². The maximum atomic E-state index is 5.29. The van der Waals surface area contributed by atoms with Crippen LogP contribution in [0.25, 0.3) is 0 Å². The summed E-state index contributed by atoms with van der Waals surface area (Å²) in [5, 5.41) is 0. The maximum absolute atomic E-state index is 5.29. The first kappa shape index (κ1) is 4.37. The van der Waals surface area contributed by atoms with Gasteiger partial charge >= 0.3 is 0 Å². The van der Waals surface area contributed by atoms with Gasteiger partial charge in [0.05, 0.1) is 0 Å². The molecule has 2 N–H and O–H groups in total. The molecule has 0 aromatic carbocycles. The minimum Gasteiger partial charge on any atom is -0.384 e. The second-order valence-corrected chi connectivity index (χ2v) is 1.73. The Morgan fingerprint density at radius 3 is 2.71 bits per heavy atom. The van der Waals surface area contributed by atoms with E-state index in [-0.39, 0.29) is 0 Å². The highest BCUT2D eigenvalue weighted by Crippen LogP contribution is 2.03. The standard InChI is InChI=1S/C5H8N2/c1-4-2-5(6)7-3-4/h2-4H,6H2,1H3. The average molecular weight is 96.1 g/mol. The van der Waals surface area contributed by atoms with E-state index in [0.29, 0.717) is 11.7 Å². The van der Waals surface area contributed by atoms with Crippen molar-refractivity contribution >= 4 is 6.21 Å². The third-order valence-electron chi connectivity index (χ3n) is 0.892. The van der Waals surface area contributed by atoms with E-state index >= 15 is 0 Å². The number of aliphatic imine (C=N–C) groups is 1. The molecule has 1 aliphatic heterocycles. The van der Waals surface area contributed by atoms with Crippen molar-refractivity contribution in [3.8, 4) is 0 Å². The molecule has 0 saturated carbocycles. The van der Waals surface area contributed by atoms with Crippen LogP contribution in [0.5, 0.6) is 0 Å². The van der Waals surface area contributed by atoms with E-state index in [4.69, 9.17) is 5.73 Å². The molecule has 0 amide bonds. The lowest BCUT2D eigenvalue weighted by Crippen LogP contribution is -1.88. The third-order valence-corrected chi connectivity index (χ3v) is 0.892. The Kier molecular flexibility index (Phi) is 0.855. The first-order chi connectivity index (χ1) is 3.29. The normalized spacial score (nSPS) is 28.1. The van der Waals surface area contributed by atoms with Crippen molar-refractivity contribution in [2.75, 3.05) is 0 Å². The summed E-state index contributed by atoms with van der Waals surface area (Å²) in [7, 11) is 0. The topological polar surface area (TPSA) is 38.4 Å². The minimum absolute atomic E-state index is 0.444. The van der Waals surface area contributed by atoms with Gasteiger partial charge in [-0.25, -0.2) is 4.99 Å². The summed E-state index contributed by atoms with van der Waals surface area (Å²) < 4.78 is 0. The second kappa shape index (κ2) is 1.37. The lowest BCUT2D eigenvalue weighted by atomic mass is 10.2. The van der Waals surface area contributed by atoms with E-state index in [2.05, 4.69) is 4.99 Å². The minimum atomic E-state index is 0.444. The van der Waals surface area contributed by atoms with Gasteiger partial charge in [0.15, 0.2) is 0 Å². The zero-order valence-electron chi connectivity index (χ0n) is 4.26. The van der Waals surface area contributed by atoms with Gasteiger partial charge in [0.25, 0.3) is 0 Å². The fourth-order valence-corrected chi connectivity index (χ4v) is 0.559. The predicted molar refractivity (Wildman–Crippen MR) is 29.9 cm³/mol. The SMILES string of the molecule is CC1C=NC(N)=C1. The molecular formula is C5H8N2. The van der Waals surface area contributed by atoms with E-state index in [0.717, 1.165) is 0 Å². The van der Waals surface area contributed by atoms with Crippen LogP contribution in [0.3, 0.4) is 0 Å². The summed E-state index contributed by atoms with van der Waals surface area (Å²) in [5.74, 6) is 1.09. The van der Waals surface area contributed by atoms with Crippen LogP contribution in [-0.2, 0) is 0 Å². The molecular weight excluding hydrogens is 88.1 g/mol. The monoisotopic (exact) mass is 96.1 g/mol. The Balaban J connectivity index is 2.69. The number of nitrogens with two attached hydrogens (primary N) is 1. The van der Waals surface area contributed by atoms with E-state index < -0.39 is 0 Å². The molecule has 0 fully saturated rings. The Morgan fingerprint density at radius 1 is 1.86 bits per heavy atom. The van der Waals surface area contributed by atoms with Gasteiger partial charge in [-0.15, -0.1) is 0 Å². The van der Waals surface area contributed by atoms with Crippen molar-refractivity contribution in [2.24, 2.45) is 16.6 Å². The molecule has 0 aromatic heterocycles. The quantitative estimate of drug-likeness (QED) is 0.468. The third kappa shape index (κ3) is 0.796. The van der Waals surface area contributed by atoms with Crippen LogP contribution in [0.4, 0.5) is 0 Å². The lowest BCUT2D eigenvalue weighted by Gasteiger charge is -1.82. The molecule has 2 nitrogen and oxygen atoms in total. The molecule has 1 heterocycles. The van der Waals surface area contributed by atoms with Gasteiger partial charge < -0.3 is 5.73 Å². The van der Waals surface area contributed by atoms with Crippen molar-refractivity contribution in [3.05, 3.63) is 11.9 Å². The van der Waals surface area contributed by atoms with Gasteiger partial charge in [0.1, 0.15) is 5.82 Å². The molecule has 0 bridgehead atoms. The second-order valence-electron chi connectivity index (χ2n) is 1.73. The zero-order valence-corrected chi connectivity index (χ0v) is 4.26. The summed E-state index contributed by atoms with van der Waals surface area (Å²) in [6.07, 6.45) is 3.75. The Morgan fingerprint density at radius 2 is 2.57 bits per heavy atom. The molecule has 0 saturated heterocycles. The van der Waals surface area contributed by atoms with Crippen molar-refractivity contribution in [2.45, 2.75) is 6.92 Å². The first-order valence-corrected chi connectivity index (χ1v) is 2.30. The molecule has 1 rings (SSSR count). The largest absolute Gasteiger partial charge is 0.384 e. The van der Waals surface area contributed by atoms with E-state index in [1.54, 1.807) is 0 Å². The fourth-order valence-electron chi connectivity index (χ4n) is 0.559. The Hall–Kier alpha value is -0.790. The van der Waals surface area contributed by atoms with Gasteiger partial charge in [-0.3, -0.25) is 0 Å². The van der Waals surface area contributed by atoms with Crippen molar-refractivity contribution in [3.63, 3.8) is 0 Å². The van der Waals surface area contributed by atoms with Gasteiger partial charge in [-0.1, -0.05) is 6.92 Å². The molecule has 0 radical (unpaired) electrons. The van der Waals surface area contributed by atoms with Crippen LogP contribution in [0.15, 0.2) is 16.9 Å². The number of hydrogen-bond donors (Lipinski definition) is 1. The molecule has 38 valence electrons. The fraction of sp³-hybridized carbons (Fsp3) is 0.400. The summed E-state index contributed by atoms with van der Waals surface area (Å²) in [6, 6.07) is 0. The zero-order chi connectivity index (χ0) is 5.28. The Labute approximate surface area is 42.7 Å². The van der Waals surface area contributed by atoms with Crippen LogP contribution in [0.2, 0.25) is 0 Å². The summed E-state index contributed by atoms with van der Waals surface area (Å²) in [4.78, 5) is 3.83. The van der Waals surface area contributed by atoms with E-state index in [1.165, 1.54) is 0 Å². The summed E-state index contributed by atoms with van der Waals surface area (Å²) in [5.41, 5.74) is 5.29. The van der Waals surface area contributed by atoms with Crippen LogP contribution < -0.4 is 5.73 Å². The van der Waals surface area contributed by atoms with E-state index in [9.17, 15) is 0 Å². The highest BCUT2D eigenvalue weighted by atomic mass is 14.9. The summed E-state index contributed by atoms with van der Waals surface area (Å²) >= 11 is 0. The molecule has 7 heavy (non-hydrogen) atoms. The van der Waals surface area contributed by atoms with Crippen LogP contribution >= 0.6 is 0 Å². The molecule has 0 aliphatic carbocycles. The van der Waals surface area contributed by atoms with Crippen molar-refractivity contribution in [1.29, 1.82) is 0 Å². The van der Waals surface area contributed by atoms with Gasteiger partial charge in [-0.2, -0.15) is 0 Å². The molecule has 1 atom stereocenters. The van der Waals surface area contributed by atoms with Crippen LogP contribution in [-0.4, -0.2) is 6.21 Å². The molecule has 1 unspecified atom stereocenters. The molecule has 0 spiro atoms. The van der Waals surface area contributed by atoms with Crippen LogP contribution in [0, 0.1) is 5.92 Å². The predicted octanol–water partition coefficient (Wildman–Crippen LogP) is 0.507. The summed E-state index contributed by atoms with van der Waals surface area (Å²) in [6.45, 7) is 2.04. The lowest BCUT2D eigenvalue weighted by molar-refractivity contribution is 1.04. The number of rotatable bonds is 0. The Bertz CT molecular complexity index is 124. The van der Waals surface area contributed by atoms with Gasteiger partial charge in [0.2, 0.25) is 0 Å². The van der Waals surface area contributed by atoms with Gasteiger partial charge in [-0.05, 0) is 6.08 Å². The average Bonchev–Trinajstić information content (AvgIpc) is 1.87. The highest BCUT2D eigenvalue weighted by Gasteiger charge is 1.99. The smallest absolute Gasteiger partial charge is 0.119 e.